The molecule has 0 aliphatic heterocycles. The third-order valence-corrected chi connectivity index (χ3v) is 5.94. The number of carbonyl (C=O) groups is 1. The maximum atomic E-state index is 12.6. The Morgan fingerprint density at radius 3 is 2.61 bits per heavy atom. The highest BCUT2D eigenvalue weighted by Crippen LogP contribution is 2.33. The Bertz CT molecular complexity index is 1330. The molecule has 1 heterocycles. The Balaban J connectivity index is 1.59. The van der Waals surface area contributed by atoms with Crippen molar-refractivity contribution >= 4 is 35.0 Å². The summed E-state index contributed by atoms with van der Waals surface area (Å²) in [7, 11) is 1.61. The lowest BCUT2D eigenvalue weighted by atomic mass is 10.2. The molecule has 33 heavy (non-hydrogen) atoms. The van der Waals surface area contributed by atoms with Crippen molar-refractivity contribution in [2.45, 2.75) is 5.16 Å². The molecule has 4 aromatic rings. The van der Waals surface area contributed by atoms with Crippen LogP contribution >= 0.6 is 23.4 Å². The first kappa shape index (κ1) is 22.4. The molecule has 0 fully saturated rings. The van der Waals surface area contributed by atoms with Gasteiger partial charge in [0, 0.05) is 11.4 Å². The molecule has 3 aromatic carbocycles. The van der Waals surface area contributed by atoms with Crippen molar-refractivity contribution < 1.29 is 9.53 Å². The number of hydrogen-bond acceptors (Lipinski definition) is 6. The third-order valence-electron chi connectivity index (χ3n) is 4.70. The van der Waals surface area contributed by atoms with Crippen molar-refractivity contribution in [2.24, 2.45) is 0 Å². The summed E-state index contributed by atoms with van der Waals surface area (Å²) in [5.74, 6) is 1.16. The number of para-hydroxylation sites is 2. The Labute approximate surface area is 200 Å². The Kier molecular flexibility index (Phi) is 6.93. The predicted octanol–water partition coefficient (Wildman–Crippen LogP) is 5.20. The van der Waals surface area contributed by atoms with Gasteiger partial charge in [-0.05, 0) is 42.5 Å². The van der Waals surface area contributed by atoms with E-state index in [4.69, 9.17) is 21.6 Å². The van der Waals surface area contributed by atoms with E-state index in [0.717, 1.165) is 11.3 Å². The van der Waals surface area contributed by atoms with E-state index in [-0.39, 0.29) is 16.7 Å². The van der Waals surface area contributed by atoms with Crippen LogP contribution in [0, 0.1) is 11.3 Å². The van der Waals surface area contributed by atoms with Crippen molar-refractivity contribution in [2.75, 3.05) is 18.2 Å². The molecule has 0 saturated heterocycles. The van der Waals surface area contributed by atoms with Crippen LogP contribution in [0.3, 0.4) is 0 Å². The van der Waals surface area contributed by atoms with Crippen LogP contribution in [0.2, 0.25) is 5.02 Å². The SMILES string of the molecule is COc1ccccc1-c1nnc(SCC(=O)Nc2ccc(C#N)c(Cl)c2)n1-c1ccccc1. The number of anilines is 1. The first-order chi connectivity index (χ1) is 16.1. The lowest BCUT2D eigenvalue weighted by Gasteiger charge is -2.12. The minimum Gasteiger partial charge on any atom is -0.496 e. The van der Waals surface area contributed by atoms with E-state index in [0.29, 0.717) is 28.0 Å². The van der Waals surface area contributed by atoms with E-state index in [1.54, 1.807) is 25.3 Å². The second kappa shape index (κ2) is 10.2. The van der Waals surface area contributed by atoms with Crippen molar-refractivity contribution in [1.29, 1.82) is 5.26 Å². The number of benzene rings is 3. The number of nitrogens with one attached hydrogen (secondary N) is 1. The number of thioether (sulfide) groups is 1. The summed E-state index contributed by atoms with van der Waals surface area (Å²) in [6, 6.07) is 24.0. The van der Waals surface area contributed by atoms with Crippen LogP contribution < -0.4 is 10.1 Å². The number of aromatic nitrogens is 3. The summed E-state index contributed by atoms with van der Waals surface area (Å²) in [5, 5.41) is 21.4. The quantitative estimate of drug-likeness (QED) is 0.369. The van der Waals surface area contributed by atoms with E-state index in [1.165, 1.54) is 11.8 Å². The fraction of sp³-hybridized carbons (Fsp3) is 0.0833. The molecule has 0 radical (unpaired) electrons. The van der Waals surface area contributed by atoms with E-state index in [9.17, 15) is 4.79 Å². The van der Waals surface area contributed by atoms with Gasteiger partial charge in [-0.15, -0.1) is 10.2 Å². The normalized spacial score (nSPS) is 10.5. The second-order valence-corrected chi connectivity index (χ2v) is 8.17. The summed E-state index contributed by atoms with van der Waals surface area (Å²) >= 11 is 7.31. The van der Waals surface area contributed by atoms with Crippen LogP contribution in [-0.2, 0) is 4.79 Å². The van der Waals surface area contributed by atoms with Gasteiger partial charge >= 0.3 is 0 Å². The average Bonchev–Trinajstić information content (AvgIpc) is 3.27. The van der Waals surface area contributed by atoms with Crippen molar-refractivity contribution in [3.8, 4) is 28.9 Å². The zero-order chi connectivity index (χ0) is 23.2. The van der Waals surface area contributed by atoms with E-state index >= 15 is 0 Å². The summed E-state index contributed by atoms with van der Waals surface area (Å²) in [6.45, 7) is 0. The molecule has 0 atom stereocenters. The molecule has 0 spiro atoms. The molecule has 1 aromatic heterocycles. The summed E-state index contributed by atoms with van der Waals surface area (Å²) in [4.78, 5) is 12.6. The second-order valence-electron chi connectivity index (χ2n) is 6.82. The minimum atomic E-state index is -0.234. The summed E-state index contributed by atoms with van der Waals surface area (Å²) in [6.07, 6.45) is 0. The van der Waals surface area contributed by atoms with Gasteiger partial charge in [0.05, 0.1) is 29.0 Å². The van der Waals surface area contributed by atoms with Gasteiger partial charge in [0.2, 0.25) is 5.91 Å². The maximum Gasteiger partial charge on any atom is 0.234 e. The Morgan fingerprint density at radius 2 is 1.88 bits per heavy atom. The molecule has 0 unspecified atom stereocenters. The van der Waals surface area contributed by atoms with Crippen LogP contribution in [0.4, 0.5) is 5.69 Å². The molecule has 0 aliphatic carbocycles. The molecule has 9 heteroatoms. The van der Waals surface area contributed by atoms with Gasteiger partial charge in [0.25, 0.3) is 0 Å². The van der Waals surface area contributed by atoms with Crippen molar-refractivity contribution in [3.63, 3.8) is 0 Å². The number of amides is 1. The van der Waals surface area contributed by atoms with Gasteiger partial charge in [0.15, 0.2) is 11.0 Å². The van der Waals surface area contributed by atoms with Crippen LogP contribution in [-0.4, -0.2) is 33.5 Å². The molecule has 1 N–H and O–H groups in total. The summed E-state index contributed by atoms with van der Waals surface area (Å²) < 4.78 is 7.40. The number of rotatable bonds is 7. The van der Waals surface area contributed by atoms with E-state index < -0.39 is 0 Å². The molecule has 0 aliphatic rings. The third kappa shape index (κ3) is 5.00. The first-order valence-corrected chi connectivity index (χ1v) is 11.2. The van der Waals surface area contributed by atoms with Crippen LogP contribution in [0.1, 0.15) is 5.56 Å². The zero-order valence-electron chi connectivity index (χ0n) is 17.5. The van der Waals surface area contributed by atoms with Gasteiger partial charge in [-0.1, -0.05) is 53.7 Å². The first-order valence-electron chi connectivity index (χ1n) is 9.87. The lowest BCUT2D eigenvalue weighted by molar-refractivity contribution is -0.113. The number of nitriles is 1. The van der Waals surface area contributed by atoms with Crippen LogP contribution in [0.25, 0.3) is 17.1 Å². The molecule has 0 bridgehead atoms. The topological polar surface area (TPSA) is 92.8 Å². The molecule has 4 rings (SSSR count). The fourth-order valence-corrected chi connectivity index (χ4v) is 4.16. The van der Waals surface area contributed by atoms with Crippen molar-refractivity contribution in [3.05, 3.63) is 83.4 Å². The molecule has 164 valence electrons. The molecule has 7 nitrogen and oxygen atoms in total. The Morgan fingerprint density at radius 1 is 1.12 bits per heavy atom. The number of halogens is 1. The minimum absolute atomic E-state index is 0.106. The largest absolute Gasteiger partial charge is 0.496 e. The standard InChI is InChI=1S/C24H18ClN5O2S/c1-32-21-10-6-5-9-19(21)23-28-29-24(30(23)18-7-3-2-4-8-18)33-15-22(31)27-17-12-11-16(14-26)20(25)13-17/h2-13H,15H2,1H3,(H,27,31). The van der Waals surface area contributed by atoms with E-state index in [2.05, 4.69) is 15.5 Å². The summed E-state index contributed by atoms with van der Waals surface area (Å²) in [5.41, 5.74) is 2.53. The highest BCUT2D eigenvalue weighted by Gasteiger charge is 2.19. The predicted molar refractivity (Wildman–Crippen MR) is 129 cm³/mol. The molecule has 1 amide bonds. The fourth-order valence-electron chi connectivity index (χ4n) is 3.19. The van der Waals surface area contributed by atoms with Crippen molar-refractivity contribution in [1.82, 2.24) is 14.8 Å². The van der Waals surface area contributed by atoms with Gasteiger partial charge < -0.3 is 10.1 Å². The molecular weight excluding hydrogens is 458 g/mol. The Hall–Kier alpha value is -3.80. The van der Waals surface area contributed by atoms with Gasteiger partial charge in [-0.3, -0.25) is 9.36 Å². The number of nitrogens with zero attached hydrogens (tertiary/aromatic N) is 4. The monoisotopic (exact) mass is 475 g/mol. The average molecular weight is 476 g/mol. The van der Waals surface area contributed by atoms with Gasteiger partial charge in [-0.2, -0.15) is 5.26 Å². The molecular formula is C24H18ClN5O2S. The zero-order valence-corrected chi connectivity index (χ0v) is 19.1. The maximum absolute atomic E-state index is 12.6. The van der Waals surface area contributed by atoms with E-state index in [1.807, 2.05) is 65.2 Å². The number of carbonyl (C=O) groups excluding carboxylic acids is 1. The number of methoxy groups -OCH3 is 1. The highest BCUT2D eigenvalue weighted by atomic mass is 35.5. The van der Waals surface area contributed by atoms with Gasteiger partial charge in [0.1, 0.15) is 11.8 Å². The number of ether oxygens (including phenoxy) is 1. The smallest absolute Gasteiger partial charge is 0.234 e. The van der Waals surface area contributed by atoms with Gasteiger partial charge in [-0.25, -0.2) is 0 Å². The highest BCUT2D eigenvalue weighted by molar-refractivity contribution is 7.99. The molecule has 0 saturated carbocycles. The van der Waals surface area contributed by atoms with Crippen LogP contribution in [0.5, 0.6) is 5.75 Å². The lowest BCUT2D eigenvalue weighted by Crippen LogP contribution is -2.14. The van der Waals surface area contributed by atoms with Crippen LogP contribution in [0.15, 0.2) is 78.0 Å². The number of hydrogen-bond donors (Lipinski definition) is 1.